The SMILES string of the molecule is CCCCN(C)c1ccc(NC(=O)Cc2ccc(OC)cc2)cc1. The van der Waals surface area contributed by atoms with E-state index in [0.717, 1.165) is 29.2 Å². The molecule has 0 fully saturated rings. The number of hydrogen-bond donors (Lipinski definition) is 1. The molecule has 0 aliphatic carbocycles. The Morgan fingerprint density at radius 2 is 1.75 bits per heavy atom. The van der Waals surface area contributed by atoms with Gasteiger partial charge in [0.25, 0.3) is 0 Å². The number of hydrogen-bond acceptors (Lipinski definition) is 3. The van der Waals surface area contributed by atoms with Gasteiger partial charge < -0.3 is 15.0 Å². The van der Waals surface area contributed by atoms with Gasteiger partial charge >= 0.3 is 0 Å². The van der Waals surface area contributed by atoms with E-state index in [1.165, 1.54) is 12.8 Å². The highest BCUT2D eigenvalue weighted by Crippen LogP contribution is 2.18. The average molecular weight is 326 g/mol. The van der Waals surface area contributed by atoms with Crippen LogP contribution in [0, 0.1) is 0 Å². The van der Waals surface area contributed by atoms with E-state index >= 15 is 0 Å². The Hall–Kier alpha value is -2.49. The fourth-order valence-electron chi connectivity index (χ4n) is 2.46. The first-order valence-electron chi connectivity index (χ1n) is 8.36. The zero-order chi connectivity index (χ0) is 17.4. The standard InChI is InChI=1S/C20H26N2O2/c1-4-5-14-22(2)18-10-8-17(9-11-18)21-20(23)15-16-6-12-19(24-3)13-7-16/h6-13H,4-5,14-15H2,1-3H3,(H,21,23). The summed E-state index contributed by atoms with van der Waals surface area (Å²) in [5.41, 5.74) is 2.95. The molecule has 0 radical (unpaired) electrons. The second-order valence-corrected chi connectivity index (χ2v) is 5.90. The Bertz CT molecular complexity index is 636. The molecular weight excluding hydrogens is 300 g/mol. The molecule has 4 nitrogen and oxygen atoms in total. The number of amides is 1. The van der Waals surface area contributed by atoms with Crippen LogP contribution in [0.2, 0.25) is 0 Å². The third-order valence-corrected chi connectivity index (χ3v) is 3.96. The van der Waals surface area contributed by atoms with Crippen LogP contribution in [0.5, 0.6) is 5.75 Å². The van der Waals surface area contributed by atoms with E-state index in [1.807, 2.05) is 48.5 Å². The first-order valence-corrected chi connectivity index (χ1v) is 8.36. The Kier molecular flexibility index (Phi) is 6.67. The molecule has 2 aromatic carbocycles. The predicted molar refractivity (Wildman–Crippen MR) is 99.9 cm³/mol. The smallest absolute Gasteiger partial charge is 0.228 e. The number of carbonyl (C=O) groups excluding carboxylic acids is 1. The molecule has 0 aromatic heterocycles. The lowest BCUT2D eigenvalue weighted by atomic mass is 10.1. The normalized spacial score (nSPS) is 10.3. The first kappa shape index (κ1) is 17.9. The second kappa shape index (κ2) is 8.96. The number of anilines is 2. The van der Waals surface area contributed by atoms with Gasteiger partial charge in [-0.2, -0.15) is 0 Å². The van der Waals surface area contributed by atoms with Crippen molar-refractivity contribution in [3.8, 4) is 5.75 Å². The number of methoxy groups -OCH3 is 1. The van der Waals surface area contributed by atoms with Gasteiger partial charge in [0.1, 0.15) is 5.75 Å². The second-order valence-electron chi connectivity index (χ2n) is 5.90. The van der Waals surface area contributed by atoms with E-state index < -0.39 is 0 Å². The summed E-state index contributed by atoms with van der Waals surface area (Å²) in [6, 6.07) is 15.5. The highest BCUT2D eigenvalue weighted by molar-refractivity contribution is 5.92. The quantitative estimate of drug-likeness (QED) is 0.793. The Balaban J connectivity index is 1.89. The summed E-state index contributed by atoms with van der Waals surface area (Å²) < 4.78 is 5.12. The predicted octanol–water partition coefficient (Wildman–Crippen LogP) is 4.11. The van der Waals surface area contributed by atoms with E-state index in [1.54, 1.807) is 7.11 Å². The molecule has 0 aliphatic heterocycles. The molecule has 0 saturated heterocycles. The molecule has 2 aromatic rings. The van der Waals surface area contributed by atoms with Crippen molar-refractivity contribution in [3.05, 3.63) is 54.1 Å². The molecule has 2 rings (SSSR count). The lowest BCUT2D eigenvalue weighted by Crippen LogP contribution is -2.18. The van der Waals surface area contributed by atoms with Crippen molar-refractivity contribution in [2.75, 3.05) is 30.9 Å². The first-order chi connectivity index (χ1) is 11.6. The summed E-state index contributed by atoms with van der Waals surface area (Å²) in [7, 11) is 3.72. The average Bonchev–Trinajstić information content (AvgIpc) is 2.61. The molecule has 0 heterocycles. The van der Waals surface area contributed by atoms with Gasteiger partial charge in [0.05, 0.1) is 13.5 Å². The van der Waals surface area contributed by atoms with E-state index in [9.17, 15) is 4.79 Å². The highest BCUT2D eigenvalue weighted by Gasteiger charge is 2.06. The summed E-state index contributed by atoms with van der Waals surface area (Å²) in [6.45, 7) is 3.23. The molecule has 1 amide bonds. The van der Waals surface area contributed by atoms with Crippen LogP contribution in [-0.4, -0.2) is 26.6 Å². The summed E-state index contributed by atoms with van der Waals surface area (Å²) in [4.78, 5) is 14.4. The maximum Gasteiger partial charge on any atom is 0.228 e. The zero-order valence-corrected chi connectivity index (χ0v) is 14.7. The van der Waals surface area contributed by atoms with Crippen LogP contribution in [0.25, 0.3) is 0 Å². The van der Waals surface area contributed by atoms with Crippen LogP contribution < -0.4 is 15.0 Å². The minimum atomic E-state index is -0.0211. The summed E-state index contributed by atoms with van der Waals surface area (Å²) in [5, 5.41) is 2.94. The number of rotatable bonds is 8. The van der Waals surface area contributed by atoms with Crippen molar-refractivity contribution in [3.63, 3.8) is 0 Å². The van der Waals surface area contributed by atoms with Crippen LogP contribution in [0.4, 0.5) is 11.4 Å². The van der Waals surface area contributed by atoms with Crippen molar-refractivity contribution in [1.82, 2.24) is 0 Å². The van der Waals surface area contributed by atoms with E-state index in [2.05, 4.69) is 24.2 Å². The van der Waals surface area contributed by atoms with Crippen molar-refractivity contribution in [2.45, 2.75) is 26.2 Å². The molecule has 0 aliphatic rings. The van der Waals surface area contributed by atoms with Gasteiger partial charge in [-0.05, 0) is 48.4 Å². The molecule has 128 valence electrons. The van der Waals surface area contributed by atoms with Crippen molar-refractivity contribution in [1.29, 1.82) is 0 Å². The van der Waals surface area contributed by atoms with Gasteiger partial charge in [-0.3, -0.25) is 4.79 Å². The highest BCUT2D eigenvalue weighted by atomic mass is 16.5. The third-order valence-electron chi connectivity index (χ3n) is 3.96. The number of benzene rings is 2. The molecule has 24 heavy (non-hydrogen) atoms. The summed E-state index contributed by atoms with van der Waals surface area (Å²) in [5.74, 6) is 0.772. The molecule has 1 N–H and O–H groups in total. The molecular formula is C20H26N2O2. The number of unbranched alkanes of at least 4 members (excludes halogenated alkanes) is 1. The topological polar surface area (TPSA) is 41.6 Å². The van der Waals surface area contributed by atoms with Gasteiger partial charge in [-0.25, -0.2) is 0 Å². The third kappa shape index (κ3) is 5.30. The molecule has 0 atom stereocenters. The lowest BCUT2D eigenvalue weighted by Gasteiger charge is -2.19. The van der Waals surface area contributed by atoms with Crippen LogP contribution in [-0.2, 0) is 11.2 Å². The number of nitrogens with zero attached hydrogens (tertiary/aromatic N) is 1. The molecule has 0 unspecified atom stereocenters. The number of carbonyl (C=O) groups is 1. The van der Waals surface area contributed by atoms with E-state index in [4.69, 9.17) is 4.74 Å². The number of nitrogens with one attached hydrogen (secondary N) is 1. The molecule has 0 spiro atoms. The van der Waals surface area contributed by atoms with Crippen molar-refractivity contribution >= 4 is 17.3 Å². The molecule has 0 saturated carbocycles. The van der Waals surface area contributed by atoms with Crippen LogP contribution in [0.1, 0.15) is 25.3 Å². The van der Waals surface area contributed by atoms with Crippen LogP contribution >= 0.6 is 0 Å². The Morgan fingerprint density at radius 3 is 2.33 bits per heavy atom. The van der Waals surface area contributed by atoms with E-state index in [-0.39, 0.29) is 5.91 Å². The van der Waals surface area contributed by atoms with Gasteiger partial charge in [0.2, 0.25) is 5.91 Å². The van der Waals surface area contributed by atoms with Gasteiger partial charge in [0.15, 0.2) is 0 Å². The van der Waals surface area contributed by atoms with Gasteiger partial charge in [0, 0.05) is 25.0 Å². The molecule has 4 heteroatoms. The Labute approximate surface area is 144 Å². The monoisotopic (exact) mass is 326 g/mol. The minimum absolute atomic E-state index is 0.0211. The van der Waals surface area contributed by atoms with Crippen molar-refractivity contribution in [2.24, 2.45) is 0 Å². The fourth-order valence-corrected chi connectivity index (χ4v) is 2.46. The largest absolute Gasteiger partial charge is 0.497 e. The molecule has 0 bridgehead atoms. The summed E-state index contributed by atoms with van der Waals surface area (Å²) >= 11 is 0. The van der Waals surface area contributed by atoms with Crippen LogP contribution in [0.15, 0.2) is 48.5 Å². The fraction of sp³-hybridized carbons (Fsp3) is 0.350. The minimum Gasteiger partial charge on any atom is -0.497 e. The maximum atomic E-state index is 12.1. The Morgan fingerprint density at radius 1 is 1.08 bits per heavy atom. The van der Waals surface area contributed by atoms with Crippen molar-refractivity contribution < 1.29 is 9.53 Å². The van der Waals surface area contributed by atoms with E-state index in [0.29, 0.717) is 6.42 Å². The lowest BCUT2D eigenvalue weighted by molar-refractivity contribution is -0.115. The number of ether oxygens (including phenoxy) is 1. The van der Waals surface area contributed by atoms with Gasteiger partial charge in [-0.15, -0.1) is 0 Å². The van der Waals surface area contributed by atoms with Gasteiger partial charge in [-0.1, -0.05) is 25.5 Å². The zero-order valence-electron chi connectivity index (χ0n) is 14.7. The summed E-state index contributed by atoms with van der Waals surface area (Å²) in [6.07, 6.45) is 2.71. The maximum absolute atomic E-state index is 12.1. The van der Waals surface area contributed by atoms with Crippen LogP contribution in [0.3, 0.4) is 0 Å².